The van der Waals surface area contributed by atoms with Crippen LogP contribution in [0.15, 0.2) is 83.7 Å². The molecule has 0 aliphatic carbocycles. The zero-order valence-corrected chi connectivity index (χ0v) is 17.4. The SMILES string of the molecule is Cc1nc2sc(-c3ccccc3)cc2c(=O)n1CCOc1cccc2ccccc12. The van der Waals surface area contributed by atoms with Gasteiger partial charge in [0, 0.05) is 10.3 Å². The minimum atomic E-state index is -0.0162. The standard InChI is InChI=1S/C25H20N2O2S/c1-17-26-24-21(16-23(30-24)19-9-3-2-4-10-19)25(28)27(17)14-15-29-22-13-7-11-18-8-5-6-12-20(18)22/h2-13,16H,14-15H2,1H3. The van der Waals surface area contributed by atoms with Gasteiger partial charge >= 0.3 is 0 Å². The first-order valence-electron chi connectivity index (χ1n) is 9.88. The van der Waals surface area contributed by atoms with Crippen LogP contribution in [0.25, 0.3) is 31.4 Å². The van der Waals surface area contributed by atoms with Crippen molar-refractivity contribution in [2.24, 2.45) is 0 Å². The number of hydrogen-bond donors (Lipinski definition) is 0. The molecule has 0 radical (unpaired) electrons. The van der Waals surface area contributed by atoms with E-state index in [4.69, 9.17) is 4.74 Å². The summed E-state index contributed by atoms with van der Waals surface area (Å²) in [5.41, 5.74) is 1.08. The topological polar surface area (TPSA) is 44.1 Å². The van der Waals surface area contributed by atoms with Crippen molar-refractivity contribution in [1.29, 1.82) is 0 Å². The first-order valence-corrected chi connectivity index (χ1v) is 10.7. The Morgan fingerprint density at radius 1 is 0.933 bits per heavy atom. The van der Waals surface area contributed by atoms with Crippen molar-refractivity contribution in [1.82, 2.24) is 9.55 Å². The number of benzene rings is 3. The van der Waals surface area contributed by atoms with Crippen LogP contribution >= 0.6 is 11.3 Å². The van der Waals surface area contributed by atoms with Crippen LogP contribution in [0.4, 0.5) is 0 Å². The number of ether oxygens (including phenoxy) is 1. The molecule has 5 rings (SSSR count). The van der Waals surface area contributed by atoms with Crippen molar-refractivity contribution in [3.63, 3.8) is 0 Å². The molecule has 30 heavy (non-hydrogen) atoms. The normalized spacial score (nSPS) is 11.2. The smallest absolute Gasteiger partial charge is 0.262 e. The summed E-state index contributed by atoms with van der Waals surface area (Å²) >= 11 is 1.55. The predicted molar refractivity (Wildman–Crippen MR) is 123 cm³/mol. The summed E-state index contributed by atoms with van der Waals surface area (Å²) in [4.78, 5) is 19.6. The van der Waals surface area contributed by atoms with Gasteiger partial charge in [0.05, 0.1) is 11.9 Å². The Balaban J connectivity index is 1.42. The Morgan fingerprint density at radius 2 is 1.70 bits per heavy atom. The van der Waals surface area contributed by atoms with Crippen molar-refractivity contribution >= 4 is 32.3 Å². The van der Waals surface area contributed by atoms with Crippen LogP contribution in [0, 0.1) is 6.92 Å². The maximum atomic E-state index is 13.1. The van der Waals surface area contributed by atoms with E-state index in [2.05, 4.69) is 17.1 Å². The van der Waals surface area contributed by atoms with E-state index in [0.717, 1.165) is 31.8 Å². The third-order valence-electron chi connectivity index (χ3n) is 5.22. The molecule has 0 saturated heterocycles. The van der Waals surface area contributed by atoms with Crippen LogP contribution in [-0.2, 0) is 6.54 Å². The van der Waals surface area contributed by atoms with Gasteiger partial charge in [-0.25, -0.2) is 4.98 Å². The largest absolute Gasteiger partial charge is 0.491 e. The summed E-state index contributed by atoms with van der Waals surface area (Å²) in [6.45, 7) is 2.73. The van der Waals surface area contributed by atoms with Crippen molar-refractivity contribution < 1.29 is 4.74 Å². The highest BCUT2D eigenvalue weighted by atomic mass is 32.1. The molecule has 2 heterocycles. The Hall–Kier alpha value is -3.44. The predicted octanol–water partition coefficient (Wildman–Crippen LogP) is 5.67. The first-order chi connectivity index (χ1) is 14.7. The number of nitrogens with zero attached hydrogens (tertiary/aromatic N) is 2. The minimum absolute atomic E-state index is 0.0162. The lowest BCUT2D eigenvalue weighted by Crippen LogP contribution is -2.26. The highest BCUT2D eigenvalue weighted by Crippen LogP contribution is 2.31. The molecule has 0 N–H and O–H groups in total. The zero-order valence-electron chi connectivity index (χ0n) is 16.5. The minimum Gasteiger partial charge on any atom is -0.491 e. The Bertz CT molecular complexity index is 1400. The number of rotatable bonds is 5. The summed E-state index contributed by atoms with van der Waals surface area (Å²) in [6.07, 6.45) is 0. The molecule has 3 aromatic carbocycles. The van der Waals surface area contributed by atoms with Gasteiger partial charge in [0.25, 0.3) is 5.56 Å². The van der Waals surface area contributed by atoms with Gasteiger partial charge in [-0.2, -0.15) is 0 Å². The number of hydrogen-bond acceptors (Lipinski definition) is 4. The average Bonchev–Trinajstić information content (AvgIpc) is 3.21. The van der Waals surface area contributed by atoms with Crippen molar-refractivity contribution in [3.05, 3.63) is 95.0 Å². The zero-order chi connectivity index (χ0) is 20.5. The van der Waals surface area contributed by atoms with Gasteiger partial charge in [0.15, 0.2) is 0 Å². The third-order valence-corrected chi connectivity index (χ3v) is 6.30. The fraction of sp³-hybridized carbons (Fsp3) is 0.120. The fourth-order valence-corrected chi connectivity index (χ4v) is 4.77. The van der Waals surface area contributed by atoms with Gasteiger partial charge < -0.3 is 4.74 Å². The lowest BCUT2D eigenvalue weighted by molar-refractivity contribution is 0.298. The summed E-state index contributed by atoms with van der Waals surface area (Å²) in [7, 11) is 0. The second-order valence-corrected chi connectivity index (χ2v) is 8.17. The summed E-state index contributed by atoms with van der Waals surface area (Å²) in [5, 5.41) is 2.87. The molecule has 0 bridgehead atoms. The van der Waals surface area contributed by atoms with Crippen LogP contribution in [0.3, 0.4) is 0 Å². The monoisotopic (exact) mass is 412 g/mol. The number of thiophene rings is 1. The lowest BCUT2D eigenvalue weighted by Gasteiger charge is -2.12. The van der Waals surface area contributed by atoms with Gasteiger partial charge in [-0.1, -0.05) is 66.7 Å². The Labute approximate surface area is 178 Å². The average molecular weight is 413 g/mol. The molecule has 0 fully saturated rings. The molecular weight excluding hydrogens is 392 g/mol. The quantitative estimate of drug-likeness (QED) is 0.374. The third kappa shape index (κ3) is 3.37. The van der Waals surface area contributed by atoms with E-state index in [1.54, 1.807) is 15.9 Å². The van der Waals surface area contributed by atoms with Gasteiger partial charge in [-0.15, -0.1) is 11.3 Å². The molecule has 2 aromatic heterocycles. The highest BCUT2D eigenvalue weighted by molar-refractivity contribution is 7.21. The van der Waals surface area contributed by atoms with E-state index in [1.807, 2.05) is 73.7 Å². The number of aryl methyl sites for hydroxylation is 1. The van der Waals surface area contributed by atoms with E-state index in [-0.39, 0.29) is 5.56 Å². The van der Waals surface area contributed by atoms with Crippen molar-refractivity contribution in [3.8, 4) is 16.2 Å². The number of fused-ring (bicyclic) bond motifs is 2. The van der Waals surface area contributed by atoms with E-state index < -0.39 is 0 Å². The molecule has 0 saturated carbocycles. The first kappa shape index (κ1) is 18.6. The van der Waals surface area contributed by atoms with Crippen LogP contribution in [0.1, 0.15) is 5.82 Å². The maximum absolute atomic E-state index is 13.1. The Kier molecular flexibility index (Phi) is 4.81. The highest BCUT2D eigenvalue weighted by Gasteiger charge is 2.13. The van der Waals surface area contributed by atoms with Crippen LogP contribution in [0.2, 0.25) is 0 Å². The molecule has 0 aliphatic rings. The van der Waals surface area contributed by atoms with Crippen molar-refractivity contribution in [2.45, 2.75) is 13.5 Å². The lowest BCUT2D eigenvalue weighted by atomic mass is 10.1. The molecule has 4 nitrogen and oxygen atoms in total. The van der Waals surface area contributed by atoms with Crippen molar-refractivity contribution in [2.75, 3.05) is 6.61 Å². The summed E-state index contributed by atoms with van der Waals surface area (Å²) < 4.78 is 7.74. The van der Waals surface area contributed by atoms with Crippen LogP contribution < -0.4 is 10.3 Å². The van der Waals surface area contributed by atoms with E-state index >= 15 is 0 Å². The van der Waals surface area contributed by atoms with E-state index in [0.29, 0.717) is 24.4 Å². The fourth-order valence-electron chi connectivity index (χ4n) is 3.69. The molecule has 0 spiro atoms. The molecule has 0 atom stereocenters. The van der Waals surface area contributed by atoms with E-state index in [1.165, 1.54) is 0 Å². The Morgan fingerprint density at radius 3 is 2.57 bits per heavy atom. The van der Waals surface area contributed by atoms with E-state index in [9.17, 15) is 4.79 Å². The molecule has 5 aromatic rings. The molecule has 0 unspecified atom stereocenters. The molecule has 148 valence electrons. The molecular formula is C25H20N2O2S. The van der Waals surface area contributed by atoms with Gasteiger partial charge in [-0.05, 0) is 30.0 Å². The molecule has 0 aliphatic heterocycles. The summed E-state index contributed by atoms with van der Waals surface area (Å²) in [6, 6.07) is 26.2. The molecule has 0 amide bonds. The number of aromatic nitrogens is 2. The van der Waals surface area contributed by atoms with Crippen LogP contribution in [0.5, 0.6) is 5.75 Å². The summed E-state index contributed by atoms with van der Waals surface area (Å²) in [5.74, 6) is 1.53. The second kappa shape index (κ2) is 7.76. The van der Waals surface area contributed by atoms with Crippen LogP contribution in [-0.4, -0.2) is 16.2 Å². The second-order valence-electron chi connectivity index (χ2n) is 7.14. The van der Waals surface area contributed by atoms with Gasteiger partial charge in [0.1, 0.15) is 23.0 Å². The van der Waals surface area contributed by atoms with Gasteiger partial charge in [-0.3, -0.25) is 9.36 Å². The molecule has 5 heteroatoms. The maximum Gasteiger partial charge on any atom is 0.262 e. The van der Waals surface area contributed by atoms with Gasteiger partial charge in [0.2, 0.25) is 0 Å².